The normalized spacial score (nSPS) is 19.2. The lowest BCUT2D eigenvalue weighted by Crippen LogP contribution is -2.35. The van der Waals surface area contributed by atoms with Crippen LogP contribution in [0.5, 0.6) is 0 Å². The minimum atomic E-state index is 0.790. The third kappa shape index (κ3) is 6.45. The van der Waals surface area contributed by atoms with Crippen LogP contribution in [0.1, 0.15) is 78.6 Å². The number of nitrogens with one attached hydrogen (secondary N) is 1. The Labute approximate surface area is 109 Å². The molecule has 0 heterocycles. The summed E-state index contributed by atoms with van der Waals surface area (Å²) in [6, 6.07) is 0.790. The van der Waals surface area contributed by atoms with Gasteiger partial charge in [-0.1, -0.05) is 59.3 Å². The van der Waals surface area contributed by atoms with E-state index in [2.05, 4.69) is 26.1 Å². The van der Waals surface area contributed by atoms with E-state index in [1.165, 1.54) is 57.8 Å². The van der Waals surface area contributed by atoms with Gasteiger partial charge in [-0.2, -0.15) is 0 Å². The molecule has 1 nitrogen and oxygen atoms in total. The number of hydrogen-bond acceptors (Lipinski definition) is 1. The van der Waals surface area contributed by atoms with Crippen molar-refractivity contribution in [2.45, 2.75) is 84.6 Å². The standard InChI is InChI=1S/C16H33N/c1-4-6-7-8-9-10-11-16(17-5-2)14(3)15-12-13-15/h14-17H,4-13H2,1-3H3. The van der Waals surface area contributed by atoms with Crippen LogP contribution in [-0.2, 0) is 0 Å². The quantitative estimate of drug-likeness (QED) is 0.513. The van der Waals surface area contributed by atoms with Crippen LogP contribution < -0.4 is 5.32 Å². The molecule has 1 aliphatic carbocycles. The molecule has 0 bridgehead atoms. The van der Waals surface area contributed by atoms with Gasteiger partial charge in [0.05, 0.1) is 0 Å². The minimum absolute atomic E-state index is 0.790. The molecule has 0 saturated heterocycles. The predicted molar refractivity (Wildman–Crippen MR) is 77.3 cm³/mol. The molecule has 0 aliphatic heterocycles. The molecule has 0 amide bonds. The van der Waals surface area contributed by atoms with E-state index in [-0.39, 0.29) is 0 Å². The third-order valence-corrected chi connectivity index (χ3v) is 4.34. The van der Waals surface area contributed by atoms with E-state index in [4.69, 9.17) is 0 Å². The Bertz CT molecular complexity index is 174. The fourth-order valence-electron chi connectivity index (χ4n) is 2.91. The molecular formula is C16H33N. The van der Waals surface area contributed by atoms with Crippen molar-refractivity contribution in [2.24, 2.45) is 11.8 Å². The van der Waals surface area contributed by atoms with Gasteiger partial charge < -0.3 is 5.32 Å². The zero-order valence-corrected chi connectivity index (χ0v) is 12.3. The largest absolute Gasteiger partial charge is 0.314 e. The highest BCUT2D eigenvalue weighted by molar-refractivity contribution is 4.86. The maximum atomic E-state index is 3.71. The molecular weight excluding hydrogens is 206 g/mol. The van der Waals surface area contributed by atoms with Gasteiger partial charge in [0.25, 0.3) is 0 Å². The Morgan fingerprint density at radius 1 is 1.00 bits per heavy atom. The van der Waals surface area contributed by atoms with Crippen LogP contribution in [0.3, 0.4) is 0 Å². The lowest BCUT2D eigenvalue weighted by Gasteiger charge is -2.24. The van der Waals surface area contributed by atoms with E-state index in [0.29, 0.717) is 0 Å². The first-order valence-corrected chi connectivity index (χ1v) is 8.03. The summed E-state index contributed by atoms with van der Waals surface area (Å²) in [4.78, 5) is 0. The topological polar surface area (TPSA) is 12.0 Å². The molecule has 1 N–H and O–H groups in total. The van der Waals surface area contributed by atoms with Gasteiger partial charge in [0.1, 0.15) is 0 Å². The van der Waals surface area contributed by atoms with E-state index >= 15 is 0 Å². The smallest absolute Gasteiger partial charge is 0.00952 e. The molecule has 2 unspecified atom stereocenters. The maximum Gasteiger partial charge on any atom is 0.00952 e. The average Bonchev–Trinajstić information content (AvgIpc) is 3.15. The van der Waals surface area contributed by atoms with Crippen LogP contribution >= 0.6 is 0 Å². The zero-order valence-electron chi connectivity index (χ0n) is 12.3. The first-order valence-electron chi connectivity index (χ1n) is 8.03. The molecule has 0 aromatic heterocycles. The molecule has 0 spiro atoms. The lowest BCUT2D eigenvalue weighted by molar-refractivity contribution is 0.320. The van der Waals surface area contributed by atoms with Crippen molar-refractivity contribution in [3.8, 4) is 0 Å². The van der Waals surface area contributed by atoms with E-state index in [1.54, 1.807) is 0 Å². The SMILES string of the molecule is CCCCCCCCC(NCC)C(C)C1CC1. The van der Waals surface area contributed by atoms with E-state index in [9.17, 15) is 0 Å². The monoisotopic (exact) mass is 239 g/mol. The second-order valence-corrected chi connectivity index (χ2v) is 5.92. The van der Waals surface area contributed by atoms with Gasteiger partial charge in [0.2, 0.25) is 0 Å². The maximum absolute atomic E-state index is 3.71. The molecule has 0 radical (unpaired) electrons. The van der Waals surface area contributed by atoms with Crippen LogP contribution in [0.4, 0.5) is 0 Å². The molecule has 17 heavy (non-hydrogen) atoms. The van der Waals surface area contributed by atoms with E-state index in [0.717, 1.165) is 24.4 Å². The molecule has 102 valence electrons. The van der Waals surface area contributed by atoms with Gasteiger partial charge in [0, 0.05) is 6.04 Å². The van der Waals surface area contributed by atoms with Crippen molar-refractivity contribution in [2.75, 3.05) is 6.54 Å². The van der Waals surface area contributed by atoms with Crippen LogP contribution in [-0.4, -0.2) is 12.6 Å². The summed E-state index contributed by atoms with van der Waals surface area (Å²) >= 11 is 0. The van der Waals surface area contributed by atoms with Crippen LogP contribution in [0.2, 0.25) is 0 Å². The Kier molecular flexibility index (Phi) is 7.92. The van der Waals surface area contributed by atoms with Crippen molar-refractivity contribution in [3.63, 3.8) is 0 Å². The van der Waals surface area contributed by atoms with Crippen LogP contribution in [0.15, 0.2) is 0 Å². The summed E-state index contributed by atoms with van der Waals surface area (Å²) in [5.41, 5.74) is 0. The molecule has 0 aromatic rings. The summed E-state index contributed by atoms with van der Waals surface area (Å²) < 4.78 is 0. The third-order valence-electron chi connectivity index (χ3n) is 4.34. The lowest BCUT2D eigenvalue weighted by atomic mass is 9.92. The van der Waals surface area contributed by atoms with Gasteiger partial charge in [-0.05, 0) is 37.6 Å². The Hall–Kier alpha value is -0.0400. The summed E-state index contributed by atoms with van der Waals surface area (Å²) in [7, 11) is 0. The Morgan fingerprint density at radius 3 is 2.24 bits per heavy atom. The first-order chi connectivity index (χ1) is 8.29. The minimum Gasteiger partial charge on any atom is -0.314 e. The second kappa shape index (κ2) is 8.97. The number of rotatable bonds is 11. The Morgan fingerprint density at radius 2 is 1.65 bits per heavy atom. The number of hydrogen-bond donors (Lipinski definition) is 1. The van der Waals surface area contributed by atoms with Gasteiger partial charge >= 0.3 is 0 Å². The van der Waals surface area contributed by atoms with Crippen LogP contribution in [0, 0.1) is 11.8 Å². The van der Waals surface area contributed by atoms with E-state index < -0.39 is 0 Å². The summed E-state index contributed by atoms with van der Waals surface area (Å²) in [5, 5.41) is 3.71. The van der Waals surface area contributed by atoms with Crippen LogP contribution in [0.25, 0.3) is 0 Å². The molecule has 1 aliphatic rings. The fourth-order valence-corrected chi connectivity index (χ4v) is 2.91. The zero-order chi connectivity index (χ0) is 12.5. The van der Waals surface area contributed by atoms with Crippen molar-refractivity contribution in [1.29, 1.82) is 0 Å². The average molecular weight is 239 g/mol. The summed E-state index contributed by atoms with van der Waals surface area (Å²) in [5.74, 6) is 1.95. The molecule has 1 heteroatoms. The van der Waals surface area contributed by atoms with E-state index in [1.807, 2.05) is 0 Å². The highest BCUT2D eigenvalue weighted by Crippen LogP contribution is 2.39. The van der Waals surface area contributed by atoms with Crippen molar-refractivity contribution < 1.29 is 0 Å². The summed E-state index contributed by atoms with van der Waals surface area (Å²) in [6.07, 6.45) is 12.9. The predicted octanol–water partition coefficient (Wildman–Crippen LogP) is 4.76. The van der Waals surface area contributed by atoms with Gasteiger partial charge in [0.15, 0.2) is 0 Å². The van der Waals surface area contributed by atoms with Crippen molar-refractivity contribution in [3.05, 3.63) is 0 Å². The van der Waals surface area contributed by atoms with Gasteiger partial charge in [-0.15, -0.1) is 0 Å². The van der Waals surface area contributed by atoms with Crippen molar-refractivity contribution >= 4 is 0 Å². The molecule has 0 aromatic carbocycles. The molecule has 1 rings (SSSR count). The summed E-state index contributed by atoms with van der Waals surface area (Å²) in [6.45, 7) is 8.13. The first kappa shape index (κ1) is 15.0. The highest BCUT2D eigenvalue weighted by Gasteiger charge is 2.32. The molecule has 1 fully saturated rings. The van der Waals surface area contributed by atoms with Gasteiger partial charge in [-0.25, -0.2) is 0 Å². The molecule has 2 atom stereocenters. The second-order valence-electron chi connectivity index (χ2n) is 5.92. The Balaban J connectivity index is 2.06. The van der Waals surface area contributed by atoms with Crippen molar-refractivity contribution in [1.82, 2.24) is 5.32 Å². The highest BCUT2D eigenvalue weighted by atomic mass is 14.9. The van der Waals surface area contributed by atoms with Gasteiger partial charge in [-0.3, -0.25) is 0 Å². The fraction of sp³-hybridized carbons (Fsp3) is 1.00. The molecule has 1 saturated carbocycles. The number of unbranched alkanes of at least 4 members (excludes halogenated alkanes) is 5.